The second kappa shape index (κ2) is 4.54. The maximum Gasteiger partial charge on any atom is 0.203 e. The van der Waals surface area contributed by atoms with Gasteiger partial charge >= 0.3 is 0 Å². The summed E-state index contributed by atoms with van der Waals surface area (Å²) in [5, 5.41) is 0.164. The average Bonchev–Trinajstić information content (AvgIpc) is 2.68. The molecule has 1 aromatic heterocycles. The van der Waals surface area contributed by atoms with Crippen LogP contribution in [-0.2, 0) is 6.42 Å². The molecule has 0 fully saturated rings. The molecule has 2 aromatic rings. The van der Waals surface area contributed by atoms with Crippen LogP contribution in [0.4, 0.5) is 0 Å². The number of benzene rings is 1. The van der Waals surface area contributed by atoms with Crippen LogP contribution in [0, 0.1) is 6.92 Å². The fraction of sp³-hybridized carbons (Fsp3) is 0.154. The van der Waals surface area contributed by atoms with Gasteiger partial charge in [-0.3, -0.25) is 4.79 Å². The van der Waals surface area contributed by atoms with Crippen LogP contribution >= 0.6 is 11.6 Å². The maximum atomic E-state index is 11.8. The Labute approximate surface area is 98.8 Å². The van der Waals surface area contributed by atoms with Crippen molar-refractivity contribution in [1.29, 1.82) is 0 Å². The van der Waals surface area contributed by atoms with Crippen molar-refractivity contribution in [2.75, 3.05) is 0 Å². The molecule has 0 atom stereocenters. The molecule has 1 aromatic carbocycles. The van der Waals surface area contributed by atoms with Crippen LogP contribution in [0.1, 0.15) is 21.5 Å². The number of halogens is 1. The van der Waals surface area contributed by atoms with E-state index in [0.717, 1.165) is 5.56 Å². The summed E-state index contributed by atoms with van der Waals surface area (Å²) >= 11 is 5.74. The Morgan fingerprint density at radius 1 is 1.25 bits per heavy atom. The molecule has 0 amide bonds. The molecular formula is C13H11ClO2. The lowest BCUT2D eigenvalue weighted by molar-refractivity contribution is 0.0992. The fourth-order valence-electron chi connectivity index (χ4n) is 1.48. The van der Waals surface area contributed by atoms with E-state index in [1.165, 1.54) is 11.8 Å². The zero-order valence-corrected chi connectivity index (χ0v) is 9.62. The van der Waals surface area contributed by atoms with Crippen molar-refractivity contribution in [3.05, 3.63) is 58.5 Å². The molecule has 0 saturated heterocycles. The van der Waals surface area contributed by atoms with Crippen LogP contribution in [0.3, 0.4) is 0 Å². The first kappa shape index (κ1) is 11.0. The molecule has 0 aliphatic heterocycles. The smallest absolute Gasteiger partial charge is 0.203 e. The summed E-state index contributed by atoms with van der Waals surface area (Å²) in [7, 11) is 0. The van der Waals surface area contributed by atoms with E-state index in [1.807, 2.05) is 31.2 Å². The van der Waals surface area contributed by atoms with Crippen molar-refractivity contribution >= 4 is 17.4 Å². The Kier molecular flexibility index (Phi) is 3.11. The van der Waals surface area contributed by atoms with Crippen molar-refractivity contribution in [1.82, 2.24) is 0 Å². The first-order valence-corrected chi connectivity index (χ1v) is 5.36. The van der Waals surface area contributed by atoms with Gasteiger partial charge < -0.3 is 4.42 Å². The molecule has 82 valence electrons. The van der Waals surface area contributed by atoms with Crippen LogP contribution < -0.4 is 0 Å². The molecule has 16 heavy (non-hydrogen) atoms. The molecule has 0 N–H and O–H groups in total. The van der Waals surface area contributed by atoms with Crippen LogP contribution in [0.15, 0.2) is 41.0 Å². The highest BCUT2D eigenvalue weighted by atomic mass is 35.5. The van der Waals surface area contributed by atoms with E-state index in [2.05, 4.69) is 0 Å². The summed E-state index contributed by atoms with van der Waals surface area (Å²) in [4.78, 5) is 11.8. The molecule has 2 rings (SSSR count). The molecule has 0 radical (unpaired) electrons. The minimum Gasteiger partial charge on any atom is -0.452 e. The predicted octanol–water partition coefficient (Wildman–Crippen LogP) is 3.67. The third-order valence-electron chi connectivity index (χ3n) is 2.40. The lowest BCUT2D eigenvalue weighted by Gasteiger charge is -2.00. The van der Waals surface area contributed by atoms with Crippen LogP contribution in [0.25, 0.3) is 0 Å². The SMILES string of the molecule is Cc1ccc(CC(=O)c2ccoc2Cl)cc1. The van der Waals surface area contributed by atoms with E-state index in [9.17, 15) is 4.79 Å². The lowest BCUT2D eigenvalue weighted by Crippen LogP contribution is -2.02. The molecular weight excluding hydrogens is 224 g/mol. The van der Waals surface area contributed by atoms with Gasteiger partial charge in [0, 0.05) is 6.42 Å². The van der Waals surface area contributed by atoms with Gasteiger partial charge in [-0.1, -0.05) is 29.8 Å². The van der Waals surface area contributed by atoms with Crippen LogP contribution in [0.5, 0.6) is 0 Å². The minimum absolute atomic E-state index is 0.0254. The van der Waals surface area contributed by atoms with Gasteiger partial charge in [0.2, 0.25) is 5.22 Å². The zero-order valence-electron chi connectivity index (χ0n) is 8.87. The topological polar surface area (TPSA) is 30.2 Å². The zero-order chi connectivity index (χ0) is 11.5. The summed E-state index contributed by atoms with van der Waals surface area (Å²) in [5.74, 6) is -0.0254. The second-order valence-electron chi connectivity index (χ2n) is 3.69. The van der Waals surface area contributed by atoms with E-state index in [-0.39, 0.29) is 11.0 Å². The van der Waals surface area contributed by atoms with Gasteiger partial charge in [-0.2, -0.15) is 0 Å². The van der Waals surface area contributed by atoms with Gasteiger partial charge in [0.05, 0.1) is 11.8 Å². The number of aryl methyl sites for hydroxylation is 1. The van der Waals surface area contributed by atoms with Crippen molar-refractivity contribution in [2.45, 2.75) is 13.3 Å². The van der Waals surface area contributed by atoms with E-state index >= 15 is 0 Å². The summed E-state index contributed by atoms with van der Waals surface area (Å²) in [5.41, 5.74) is 2.60. The van der Waals surface area contributed by atoms with E-state index in [4.69, 9.17) is 16.0 Å². The number of carbonyl (C=O) groups excluding carboxylic acids is 1. The number of rotatable bonds is 3. The number of ketones is 1. The molecule has 0 unspecified atom stereocenters. The first-order chi connectivity index (χ1) is 7.66. The van der Waals surface area contributed by atoms with Gasteiger partial charge in [-0.25, -0.2) is 0 Å². The first-order valence-electron chi connectivity index (χ1n) is 4.98. The van der Waals surface area contributed by atoms with Crippen molar-refractivity contribution in [3.63, 3.8) is 0 Å². The molecule has 2 nitrogen and oxygen atoms in total. The van der Waals surface area contributed by atoms with Gasteiger partial charge in [-0.15, -0.1) is 0 Å². The second-order valence-corrected chi connectivity index (χ2v) is 4.04. The summed E-state index contributed by atoms with van der Waals surface area (Å²) in [6.45, 7) is 2.01. The minimum atomic E-state index is -0.0254. The summed E-state index contributed by atoms with van der Waals surface area (Å²) in [6.07, 6.45) is 1.77. The monoisotopic (exact) mass is 234 g/mol. The highest BCUT2D eigenvalue weighted by molar-refractivity contribution is 6.32. The molecule has 3 heteroatoms. The van der Waals surface area contributed by atoms with Gasteiger partial charge in [0.15, 0.2) is 5.78 Å². The highest BCUT2D eigenvalue weighted by Gasteiger charge is 2.13. The fourth-order valence-corrected chi connectivity index (χ4v) is 1.70. The third kappa shape index (κ3) is 2.34. The Morgan fingerprint density at radius 2 is 1.94 bits per heavy atom. The van der Waals surface area contributed by atoms with Crippen molar-refractivity contribution in [2.24, 2.45) is 0 Å². The Balaban J connectivity index is 2.14. The molecule has 1 heterocycles. The quantitative estimate of drug-likeness (QED) is 0.759. The van der Waals surface area contributed by atoms with E-state index in [0.29, 0.717) is 12.0 Å². The number of carbonyl (C=O) groups is 1. The Bertz CT molecular complexity index is 497. The van der Waals surface area contributed by atoms with Gasteiger partial charge in [-0.05, 0) is 30.2 Å². The van der Waals surface area contributed by atoms with Crippen LogP contribution in [-0.4, -0.2) is 5.78 Å². The molecule has 0 aliphatic rings. The number of hydrogen-bond acceptors (Lipinski definition) is 2. The number of furan rings is 1. The maximum absolute atomic E-state index is 11.8. The van der Waals surface area contributed by atoms with Crippen molar-refractivity contribution < 1.29 is 9.21 Å². The standard InChI is InChI=1S/C13H11ClO2/c1-9-2-4-10(5-3-9)8-12(15)11-6-7-16-13(11)14/h2-7H,8H2,1H3. The predicted molar refractivity (Wildman–Crippen MR) is 62.9 cm³/mol. The largest absolute Gasteiger partial charge is 0.452 e. The number of hydrogen-bond donors (Lipinski definition) is 0. The highest BCUT2D eigenvalue weighted by Crippen LogP contribution is 2.19. The van der Waals surface area contributed by atoms with E-state index in [1.54, 1.807) is 6.07 Å². The van der Waals surface area contributed by atoms with Crippen molar-refractivity contribution in [3.8, 4) is 0 Å². The number of Topliss-reactive ketones (excluding diaryl/α,β-unsaturated/α-hetero) is 1. The summed E-state index contributed by atoms with van der Waals surface area (Å²) < 4.78 is 4.89. The average molecular weight is 235 g/mol. The summed E-state index contributed by atoms with van der Waals surface area (Å²) in [6, 6.07) is 9.46. The Hall–Kier alpha value is -1.54. The van der Waals surface area contributed by atoms with Crippen LogP contribution in [0.2, 0.25) is 5.22 Å². The Morgan fingerprint density at radius 3 is 2.50 bits per heavy atom. The third-order valence-corrected chi connectivity index (χ3v) is 2.70. The van der Waals surface area contributed by atoms with Gasteiger partial charge in [0.25, 0.3) is 0 Å². The van der Waals surface area contributed by atoms with E-state index < -0.39 is 0 Å². The van der Waals surface area contributed by atoms with Gasteiger partial charge in [0.1, 0.15) is 0 Å². The lowest BCUT2D eigenvalue weighted by atomic mass is 10.0. The molecule has 0 aliphatic carbocycles. The molecule has 0 spiro atoms. The molecule has 0 saturated carbocycles. The molecule has 0 bridgehead atoms. The normalized spacial score (nSPS) is 10.4.